The molecular formula is C36H49NO5Si2. The Morgan fingerprint density at radius 1 is 0.955 bits per heavy atom. The van der Waals surface area contributed by atoms with Crippen LogP contribution in [0.15, 0.2) is 36.4 Å². The fourth-order valence-corrected chi connectivity index (χ4v) is 9.14. The van der Waals surface area contributed by atoms with Gasteiger partial charge in [0, 0.05) is 34.1 Å². The SMILES string of the molecule is CN1CC[C@]23c4c5c(O[Si](C)C)cc(C(C)(C)C)c4O[C@H]2[C@@H](OC(=O)c2ccc(C(C)(C)C)cc2O[Si](C)C)C=C[C@H]3[C@H]1C5. The van der Waals surface area contributed by atoms with Crippen molar-refractivity contribution >= 4 is 24.0 Å². The zero-order valence-electron chi connectivity index (χ0n) is 28.4. The molecule has 1 fully saturated rings. The molecule has 2 heterocycles. The molecular weight excluding hydrogens is 583 g/mol. The number of hydrogen-bond donors (Lipinski definition) is 0. The van der Waals surface area contributed by atoms with E-state index in [4.69, 9.17) is 18.3 Å². The molecule has 8 heteroatoms. The molecule has 2 radical (unpaired) electrons. The second kappa shape index (κ2) is 10.8. The van der Waals surface area contributed by atoms with Crippen molar-refractivity contribution in [2.45, 2.75) is 115 Å². The molecule has 0 unspecified atom stereocenters. The van der Waals surface area contributed by atoms with Crippen LogP contribution in [0.4, 0.5) is 0 Å². The first kappa shape index (κ1) is 31.4. The highest BCUT2D eigenvalue weighted by molar-refractivity contribution is 6.49. The van der Waals surface area contributed by atoms with Crippen LogP contribution in [0.25, 0.3) is 0 Å². The normalized spacial score (nSPS) is 27.3. The minimum absolute atomic E-state index is 0.0627. The van der Waals surface area contributed by atoms with Gasteiger partial charge in [-0.1, -0.05) is 53.7 Å². The quantitative estimate of drug-likeness (QED) is 0.191. The van der Waals surface area contributed by atoms with Gasteiger partial charge in [0.25, 0.3) is 18.1 Å². The lowest BCUT2D eigenvalue weighted by Gasteiger charge is -2.56. The first-order valence-electron chi connectivity index (χ1n) is 16.1. The lowest BCUT2D eigenvalue weighted by molar-refractivity contribution is -0.0556. The fourth-order valence-electron chi connectivity index (χ4n) is 7.91. The molecule has 5 atom stereocenters. The van der Waals surface area contributed by atoms with Crippen molar-refractivity contribution in [3.05, 3.63) is 64.2 Å². The molecule has 44 heavy (non-hydrogen) atoms. The van der Waals surface area contributed by atoms with E-state index >= 15 is 0 Å². The Balaban J connectivity index is 1.44. The standard InChI is InChI=1S/C36H49NO5Si2/c1-34(2,3)21-12-13-22(28(18-21)41-43(8)9)33(38)39-27-15-14-24-26-19-23-29(42-44(10)11)20-25(35(4,5)6)31-30(23)36(24,32(27)40-31)16-17-37(26)7/h12-15,18,20,24,26-27,32H,16-17,19H2,1-11H3/t24-,26+,27-,32-,36-/m0/s1. The monoisotopic (exact) mass is 631 g/mol. The van der Waals surface area contributed by atoms with E-state index in [2.05, 4.69) is 97.9 Å². The Labute approximate surface area is 267 Å². The summed E-state index contributed by atoms with van der Waals surface area (Å²) in [5.74, 6) is 2.54. The van der Waals surface area contributed by atoms with Crippen LogP contribution in [0.3, 0.4) is 0 Å². The summed E-state index contributed by atoms with van der Waals surface area (Å²) >= 11 is 0. The van der Waals surface area contributed by atoms with Gasteiger partial charge in [0.2, 0.25) is 0 Å². The number of nitrogens with zero attached hydrogens (tertiary/aromatic N) is 1. The molecule has 1 saturated heterocycles. The molecule has 0 saturated carbocycles. The number of hydrogen-bond acceptors (Lipinski definition) is 6. The molecule has 6 rings (SSSR count). The maximum Gasteiger partial charge on any atom is 0.342 e. The van der Waals surface area contributed by atoms with E-state index < -0.39 is 24.2 Å². The molecule has 6 nitrogen and oxygen atoms in total. The molecule has 2 bridgehead atoms. The van der Waals surface area contributed by atoms with Gasteiger partial charge in [0.15, 0.2) is 6.10 Å². The van der Waals surface area contributed by atoms with Crippen LogP contribution in [-0.4, -0.2) is 60.8 Å². The highest BCUT2D eigenvalue weighted by atomic mass is 28.3. The predicted octanol–water partition coefficient (Wildman–Crippen LogP) is 7.21. The van der Waals surface area contributed by atoms with Crippen molar-refractivity contribution in [1.29, 1.82) is 0 Å². The molecule has 2 aromatic rings. The van der Waals surface area contributed by atoms with E-state index in [1.807, 2.05) is 18.2 Å². The molecule has 0 N–H and O–H groups in total. The van der Waals surface area contributed by atoms with Gasteiger partial charge < -0.3 is 23.2 Å². The number of esters is 1. The minimum atomic E-state index is -1.10. The number of piperidine rings is 1. The summed E-state index contributed by atoms with van der Waals surface area (Å²) in [5.41, 5.74) is 4.92. The lowest BCUT2D eigenvalue weighted by Crippen LogP contribution is -2.65. The van der Waals surface area contributed by atoms with E-state index in [1.54, 1.807) is 0 Å². The molecule has 2 aromatic carbocycles. The lowest BCUT2D eigenvalue weighted by atomic mass is 9.53. The van der Waals surface area contributed by atoms with Crippen molar-refractivity contribution in [3.8, 4) is 17.2 Å². The number of carbonyl (C=O) groups is 1. The van der Waals surface area contributed by atoms with E-state index in [0.717, 1.165) is 36.4 Å². The number of carbonyl (C=O) groups excluding carboxylic acids is 1. The van der Waals surface area contributed by atoms with Crippen molar-refractivity contribution in [2.75, 3.05) is 13.6 Å². The van der Waals surface area contributed by atoms with E-state index in [-0.39, 0.29) is 34.2 Å². The molecule has 2 aliphatic heterocycles. The minimum Gasteiger partial charge on any atom is -0.542 e. The smallest absolute Gasteiger partial charge is 0.342 e. The molecule has 0 amide bonds. The zero-order chi connectivity index (χ0) is 31.9. The van der Waals surface area contributed by atoms with Gasteiger partial charge in [-0.15, -0.1) is 0 Å². The number of ether oxygens (including phenoxy) is 2. The fraction of sp³-hybridized carbons (Fsp3) is 0.583. The van der Waals surface area contributed by atoms with Crippen LogP contribution >= 0.6 is 0 Å². The van der Waals surface area contributed by atoms with E-state index in [0.29, 0.717) is 17.4 Å². The summed E-state index contributed by atoms with van der Waals surface area (Å²) in [6.07, 6.45) is 5.49. The third-order valence-electron chi connectivity index (χ3n) is 9.98. The third kappa shape index (κ3) is 5.05. The van der Waals surface area contributed by atoms with Crippen LogP contribution in [0.1, 0.15) is 80.6 Å². The summed E-state index contributed by atoms with van der Waals surface area (Å²) in [4.78, 5) is 16.5. The van der Waals surface area contributed by atoms with Gasteiger partial charge in [0.05, 0.1) is 0 Å². The summed E-state index contributed by atoms with van der Waals surface area (Å²) in [6.45, 7) is 22.8. The Morgan fingerprint density at radius 2 is 1.64 bits per heavy atom. The van der Waals surface area contributed by atoms with E-state index in [1.165, 1.54) is 16.7 Å². The van der Waals surface area contributed by atoms with Crippen molar-refractivity contribution in [2.24, 2.45) is 5.92 Å². The second-order valence-electron chi connectivity index (χ2n) is 15.7. The highest BCUT2D eigenvalue weighted by Crippen LogP contribution is 2.64. The van der Waals surface area contributed by atoms with Crippen molar-refractivity contribution < 1.29 is 23.1 Å². The molecule has 0 aromatic heterocycles. The van der Waals surface area contributed by atoms with Crippen molar-refractivity contribution in [1.82, 2.24) is 4.90 Å². The Hall–Kier alpha value is -2.56. The number of likely N-dealkylation sites (tertiary alicyclic amines) is 1. The van der Waals surface area contributed by atoms with Gasteiger partial charge >= 0.3 is 5.97 Å². The molecule has 1 spiro atoms. The van der Waals surface area contributed by atoms with Gasteiger partial charge in [-0.25, -0.2) is 4.79 Å². The number of benzene rings is 2. The van der Waals surface area contributed by atoms with Gasteiger partial charge in [-0.3, -0.25) is 0 Å². The van der Waals surface area contributed by atoms with E-state index in [9.17, 15) is 4.79 Å². The zero-order valence-corrected chi connectivity index (χ0v) is 30.4. The second-order valence-corrected chi connectivity index (χ2v) is 19.7. The Bertz CT molecular complexity index is 1500. The van der Waals surface area contributed by atoms with Crippen LogP contribution < -0.4 is 13.6 Å². The predicted molar refractivity (Wildman–Crippen MR) is 179 cm³/mol. The molecule has 236 valence electrons. The van der Waals surface area contributed by atoms with Gasteiger partial charge in [-0.2, -0.15) is 0 Å². The van der Waals surface area contributed by atoms with Crippen LogP contribution in [0.2, 0.25) is 26.2 Å². The summed E-state index contributed by atoms with van der Waals surface area (Å²) < 4.78 is 26.5. The van der Waals surface area contributed by atoms with Gasteiger partial charge in [-0.05, 0) is 93.3 Å². The van der Waals surface area contributed by atoms with Crippen LogP contribution in [-0.2, 0) is 27.4 Å². The number of likely N-dealkylation sites (N-methyl/N-ethyl adjacent to an activating group) is 1. The first-order valence-corrected chi connectivity index (χ1v) is 20.9. The highest BCUT2D eigenvalue weighted by Gasteiger charge is 2.65. The maximum absolute atomic E-state index is 14.0. The van der Waals surface area contributed by atoms with Gasteiger partial charge in [0.1, 0.15) is 28.9 Å². The Kier molecular flexibility index (Phi) is 7.69. The first-order chi connectivity index (χ1) is 20.5. The number of rotatable bonds is 6. The average Bonchev–Trinajstić information content (AvgIpc) is 3.25. The Morgan fingerprint density at radius 3 is 2.27 bits per heavy atom. The van der Waals surface area contributed by atoms with Crippen molar-refractivity contribution in [3.63, 3.8) is 0 Å². The molecule has 2 aliphatic carbocycles. The summed E-state index contributed by atoms with van der Waals surface area (Å²) in [5, 5.41) is 0. The third-order valence-corrected chi connectivity index (χ3v) is 11.2. The summed E-state index contributed by atoms with van der Waals surface area (Å²) in [7, 11) is 0.167. The average molecular weight is 632 g/mol. The maximum atomic E-state index is 14.0. The van der Waals surface area contributed by atoms with Crippen LogP contribution in [0, 0.1) is 5.92 Å². The largest absolute Gasteiger partial charge is 0.542 e. The topological polar surface area (TPSA) is 57.2 Å². The molecule has 4 aliphatic rings. The van der Waals surface area contributed by atoms with Crippen LogP contribution in [0.5, 0.6) is 17.2 Å². The summed E-state index contributed by atoms with van der Waals surface area (Å²) in [6, 6.07) is 8.51.